The molecule has 0 aromatic rings. The van der Waals surface area contributed by atoms with E-state index >= 15 is 0 Å². The zero-order chi connectivity index (χ0) is 24.5. The summed E-state index contributed by atoms with van der Waals surface area (Å²) in [5.41, 5.74) is 0. The van der Waals surface area contributed by atoms with Crippen LogP contribution in [-0.2, 0) is 45.4 Å². The second-order valence-electron chi connectivity index (χ2n) is 6.70. The molecule has 0 aliphatic rings. The van der Waals surface area contributed by atoms with Gasteiger partial charge in [-0.2, -0.15) is 0 Å². The molecule has 0 aliphatic carbocycles. The van der Waals surface area contributed by atoms with Gasteiger partial charge in [0.15, 0.2) is 0 Å². The van der Waals surface area contributed by atoms with E-state index < -0.39 is 23.8 Å². The van der Waals surface area contributed by atoms with Gasteiger partial charge >= 0.3 is 26.2 Å². The molecule has 9 heteroatoms. The molecule has 2 unspecified atom stereocenters. The van der Waals surface area contributed by atoms with Crippen LogP contribution in [0.4, 0.5) is 0 Å². The number of aliphatic hydroxyl groups excluding tert-OH is 2. The number of aliphatic carboxylic acids is 2. The summed E-state index contributed by atoms with van der Waals surface area (Å²) in [6.07, 6.45) is 5.90. The molecule has 31 heavy (non-hydrogen) atoms. The molecular formula is C22H42O8Zr. The number of hydrogen-bond acceptors (Lipinski definition) is 8. The van der Waals surface area contributed by atoms with Crippen LogP contribution in [0.25, 0.3) is 0 Å². The molecule has 182 valence electrons. The monoisotopic (exact) mass is 524 g/mol. The van der Waals surface area contributed by atoms with Gasteiger partial charge in [0.1, 0.15) is 11.6 Å². The Balaban J connectivity index is -0.000000106. The summed E-state index contributed by atoms with van der Waals surface area (Å²) >= 11 is 0. The van der Waals surface area contributed by atoms with Crippen molar-refractivity contribution in [2.45, 2.75) is 92.9 Å². The summed E-state index contributed by atoms with van der Waals surface area (Å²) in [6, 6.07) is 0. The van der Waals surface area contributed by atoms with E-state index in [0.29, 0.717) is 26.1 Å². The largest absolute Gasteiger partial charge is 2.00 e. The molecule has 0 fully saturated rings. The van der Waals surface area contributed by atoms with Gasteiger partial charge in [0.25, 0.3) is 0 Å². The van der Waals surface area contributed by atoms with Crippen LogP contribution in [0.3, 0.4) is 0 Å². The second-order valence-corrected chi connectivity index (χ2v) is 6.70. The zero-order valence-corrected chi connectivity index (χ0v) is 22.5. The third-order valence-corrected chi connectivity index (χ3v) is 3.69. The number of rotatable bonds is 12. The van der Waals surface area contributed by atoms with Crippen LogP contribution < -0.4 is 10.2 Å². The van der Waals surface area contributed by atoms with Gasteiger partial charge in [-0.05, 0) is 39.5 Å². The number of carbonyl (C=O) groups is 4. The molecule has 0 aliphatic heterocycles. The minimum Gasteiger partial charge on any atom is -0.549 e. The van der Waals surface area contributed by atoms with Crippen molar-refractivity contribution >= 4 is 23.5 Å². The van der Waals surface area contributed by atoms with Gasteiger partial charge < -0.3 is 30.0 Å². The molecule has 0 rings (SSSR count). The fraction of sp³-hybridized carbons (Fsp3) is 0.818. The first-order valence-corrected chi connectivity index (χ1v) is 10.7. The van der Waals surface area contributed by atoms with Crippen molar-refractivity contribution in [1.82, 2.24) is 0 Å². The van der Waals surface area contributed by atoms with E-state index in [2.05, 4.69) is 0 Å². The molecule has 2 N–H and O–H groups in total. The number of ketones is 2. The number of carboxylic acids is 2. The average molecular weight is 526 g/mol. The quantitative estimate of drug-likeness (QED) is 0.358. The number of aliphatic hydroxyl groups is 2. The Labute approximate surface area is 206 Å². The normalized spacial score (nSPS) is 10.8. The van der Waals surface area contributed by atoms with Crippen LogP contribution in [0.2, 0.25) is 0 Å². The van der Waals surface area contributed by atoms with Crippen molar-refractivity contribution in [1.29, 1.82) is 0 Å². The van der Waals surface area contributed by atoms with Crippen molar-refractivity contribution in [2.75, 3.05) is 13.2 Å². The van der Waals surface area contributed by atoms with Gasteiger partial charge in [-0.15, -0.1) is 0 Å². The first-order valence-electron chi connectivity index (χ1n) is 10.7. The zero-order valence-electron chi connectivity index (χ0n) is 20.1. The predicted molar refractivity (Wildman–Crippen MR) is 112 cm³/mol. The molecule has 0 bridgehead atoms. The maximum atomic E-state index is 10.7. The summed E-state index contributed by atoms with van der Waals surface area (Å²) in [4.78, 5) is 42.0. The molecule has 2 atom stereocenters. The summed E-state index contributed by atoms with van der Waals surface area (Å²) in [6.45, 7) is 11.0. The van der Waals surface area contributed by atoms with Crippen LogP contribution in [0.5, 0.6) is 0 Å². The van der Waals surface area contributed by atoms with Crippen molar-refractivity contribution in [3.63, 3.8) is 0 Å². The summed E-state index contributed by atoms with van der Waals surface area (Å²) < 4.78 is 0. The minimum absolute atomic E-state index is 0. The Kier molecular flexibility index (Phi) is 40.8. The average Bonchev–Trinajstić information content (AvgIpc) is 2.68. The SMILES string of the molecule is CCCCC(C(C)=O)C(=O)[O-].CCCCC(C(C)=O)C(=O)[O-].CCCO.CCCO.[Zr+2]. The molecule has 0 saturated heterocycles. The third-order valence-electron chi connectivity index (χ3n) is 3.69. The van der Waals surface area contributed by atoms with Crippen LogP contribution in [0.15, 0.2) is 0 Å². The number of Topliss-reactive ketones (excluding diaryl/α,β-unsaturated/α-hetero) is 2. The van der Waals surface area contributed by atoms with Crippen LogP contribution in [-0.4, -0.2) is 46.9 Å². The number of carbonyl (C=O) groups excluding carboxylic acids is 4. The number of hydrogen-bond donors (Lipinski definition) is 2. The Morgan fingerprint density at radius 3 is 0.968 bits per heavy atom. The standard InChI is InChI=1S/2C8H14O3.2C3H8O.Zr/c2*1-3-4-5-7(6(2)9)8(10)11;2*1-2-3-4;/h2*7H,3-5H2,1-2H3,(H,10,11);2*4H,2-3H2,1H3;/q;;;;+2/p-2. The van der Waals surface area contributed by atoms with Gasteiger partial charge in [0.05, 0.1) is 23.8 Å². The molecule has 0 aromatic carbocycles. The Morgan fingerprint density at radius 2 is 0.871 bits per heavy atom. The van der Waals surface area contributed by atoms with E-state index in [1.807, 2.05) is 27.7 Å². The first-order chi connectivity index (χ1) is 14.0. The van der Waals surface area contributed by atoms with Crippen LogP contribution >= 0.6 is 0 Å². The molecule has 0 radical (unpaired) electrons. The maximum absolute atomic E-state index is 10.7. The van der Waals surface area contributed by atoms with Gasteiger partial charge in [-0.3, -0.25) is 9.59 Å². The number of unbranched alkanes of at least 4 members (excludes halogenated alkanes) is 2. The molecular weight excluding hydrogens is 483 g/mol. The smallest absolute Gasteiger partial charge is 0.549 e. The van der Waals surface area contributed by atoms with Crippen LogP contribution in [0, 0.1) is 11.8 Å². The van der Waals surface area contributed by atoms with E-state index in [4.69, 9.17) is 10.2 Å². The Bertz CT molecular complexity index is 369. The second kappa shape index (κ2) is 31.3. The van der Waals surface area contributed by atoms with E-state index in [-0.39, 0.29) is 37.8 Å². The Morgan fingerprint density at radius 1 is 0.645 bits per heavy atom. The summed E-state index contributed by atoms with van der Waals surface area (Å²) in [5, 5.41) is 36.4. The van der Waals surface area contributed by atoms with E-state index in [1.54, 1.807) is 0 Å². The van der Waals surface area contributed by atoms with Crippen molar-refractivity contribution in [3.05, 3.63) is 0 Å². The van der Waals surface area contributed by atoms with Crippen molar-refractivity contribution < 1.29 is 65.8 Å². The van der Waals surface area contributed by atoms with Gasteiger partial charge in [0.2, 0.25) is 0 Å². The summed E-state index contributed by atoms with van der Waals surface area (Å²) in [7, 11) is 0. The molecule has 0 saturated carbocycles. The Hall–Kier alpha value is -0.917. The number of carboxylic acid groups (broad SMARTS) is 2. The molecule has 0 amide bonds. The van der Waals surface area contributed by atoms with Gasteiger partial charge in [-0.1, -0.05) is 53.4 Å². The fourth-order valence-electron chi connectivity index (χ4n) is 1.79. The van der Waals surface area contributed by atoms with E-state index in [9.17, 15) is 29.4 Å². The third kappa shape index (κ3) is 33.9. The maximum Gasteiger partial charge on any atom is 2.00 e. The molecule has 0 spiro atoms. The van der Waals surface area contributed by atoms with E-state index in [1.165, 1.54) is 13.8 Å². The molecule has 8 nitrogen and oxygen atoms in total. The molecule has 0 heterocycles. The predicted octanol–water partition coefficient (Wildman–Crippen LogP) is 1.04. The van der Waals surface area contributed by atoms with Crippen LogP contribution in [0.1, 0.15) is 92.9 Å². The summed E-state index contributed by atoms with van der Waals surface area (Å²) in [5.74, 6) is -4.89. The van der Waals surface area contributed by atoms with Crippen molar-refractivity contribution in [3.8, 4) is 0 Å². The van der Waals surface area contributed by atoms with E-state index in [0.717, 1.165) is 38.5 Å². The minimum atomic E-state index is -1.24. The van der Waals surface area contributed by atoms with Gasteiger partial charge in [0, 0.05) is 13.2 Å². The van der Waals surface area contributed by atoms with Gasteiger partial charge in [-0.25, -0.2) is 0 Å². The van der Waals surface area contributed by atoms with Crippen molar-refractivity contribution in [2.24, 2.45) is 11.8 Å². The first kappa shape index (κ1) is 40.4. The molecule has 0 aromatic heterocycles. The fourth-order valence-corrected chi connectivity index (χ4v) is 1.79. The topological polar surface area (TPSA) is 155 Å².